The molecule has 2 rings (SSSR count). The molecule has 0 radical (unpaired) electrons. The maximum atomic E-state index is 11.6. The van der Waals surface area contributed by atoms with E-state index in [0.29, 0.717) is 12.0 Å². The molecule has 0 aromatic carbocycles. The van der Waals surface area contributed by atoms with Gasteiger partial charge in [0.15, 0.2) is 5.78 Å². The number of carbonyl (C=O) groups excluding carboxylic acids is 1. The van der Waals surface area contributed by atoms with Crippen LogP contribution in [0, 0.1) is 0 Å². The largest absolute Gasteiger partial charge is 0.472 e. The molecule has 14 heavy (non-hydrogen) atoms. The number of thiophene rings is 1. The molecule has 2 nitrogen and oxygen atoms in total. The predicted molar refractivity (Wildman–Crippen MR) is 58.8 cm³/mol. The molecular formula is C10H7BrO2S. The fourth-order valence-electron chi connectivity index (χ4n) is 1.13. The van der Waals surface area contributed by atoms with Gasteiger partial charge >= 0.3 is 0 Å². The molecule has 0 spiro atoms. The van der Waals surface area contributed by atoms with Crippen molar-refractivity contribution in [3.8, 4) is 0 Å². The Morgan fingerprint density at radius 3 is 3.00 bits per heavy atom. The van der Waals surface area contributed by atoms with Crippen LogP contribution in [0.1, 0.15) is 15.2 Å². The van der Waals surface area contributed by atoms with E-state index in [2.05, 4.69) is 15.9 Å². The number of rotatable bonds is 3. The van der Waals surface area contributed by atoms with E-state index in [-0.39, 0.29) is 5.78 Å². The fourth-order valence-corrected chi connectivity index (χ4v) is 2.58. The van der Waals surface area contributed by atoms with Gasteiger partial charge in [-0.2, -0.15) is 0 Å². The first-order valence-corrected chi connectivity index (χ1v) is 5.71. The van der Waals surface area contributed by atoms with Crippen LogP contribution in [0.2, 0.25) is 0 Å². The second-order valence-corrected chi connectivity index (χ2v) is 4.75. The first kappa shape index (κ1) is 9.68. The minimum absolute atomic E-state index is 0.0908. The van der Waals surface area contributed by atoms with Gasteiger partial charge in [-0.25, -0.2) is 0 Å². The van der Waals surface area contributed by atoms with Gasteiger partial charge in [0.2, 0.25) is 0 Å². The lowest BCUT2D eigenvalue weighted by Crippen LogP contribution is -1.99. The monoisotopic (exact) mass is 270 g/mol. The summed E-state index contributed by atoms with van der Waals surface area (Å²) >= 11 is 4.93. The van der Waals surface area contributed by atoms with Crippen molar-refractivity contribution in [2.45, 2.75) is 6.42 Å². The van der Waals surface area contributed by atoms with Gasteiger partial charge in [-0.05, 0) is 28.1 Å². The van der Waals surface area contributed by atoms with Crippen molar-refractivity contribution in [1.82, 2.24) is 0 Å². The highest BCUT2D eigenvalue weighted by Crippen LogP contribution is 2.21. The minimum atomic E-state index is 0.0908. The van der Waals surface area contributed by atoms with Crippen molar-refractivity contribution < 1.29 is 9.21 Å². The zero-order valence-electron chi connectivity index (χ0n) is 7.20. The number of furan rings is 1. The lowest BCUT2D eigenvalue weighted by Gasteiger charge is -1.92. The van der Waals surface area contributed by atoms with E-state index >= 15 is 0 Å². The smallest absolute Gasteiger partial charge is 0.171 e. The fraction of sp³-hybridized carbons (Fsp3) is 0.100. The molecule has 0 bridgehead atoms. The summed E-state index contributed by atoms with van der Waals surface area (Å²) in [6.45, 7) is 0. The van der Waals surface area contributed by atoms with E-state index in [1.54, 1.807) is 17.4 Å². The van der Waals surface area contributed by atoms with Gasteiger partial charge in [-0.15, -0.1) is 11.3 Å². The van der Waals surface area contributed by atoms with Crippen LogP contribution in [0.25, 0.3) is 0 Å². The number of hydrogen-bond acceptors (Lipinski definition) is 3. The van der Waals surface area contributed by atoms with Gasteiger partial charge in [-0.3, -0.25) is 4.79 Å². The molecule has 4 heteroatoms. The number of Topliss-reactive ketones (excluding diaryl/α,β-unsaturated/α-hetero) is 1. The molecule has 2 aromatic rings. The Balaban J connectivity index is 2.09. The van der Waals surface area contributed by atoms with Gasteiger partial charge in [0, 0.05) is 21.2 Å². The van der Waals surface area contributed by atoms with E-state index in [4.69, 9.17) is 4.42 Å². The molecule has 0 atom stereocenters. The highest BCUT2D eigenvalue weighted by molar-refractivity contribution is 9.10. The van der Waals surface area contributed by atoms with Crippen LogP contribution in [0.4, 0.5) is 0 Å². The summed E-state index contributed by atoms with van der Waals surface area (Å²) in [6, 6.07) is 3.65. The molecule has 0 unspecified atom stereocenters. The maximum Gasteiger partial charge on any atom is 0.171 e. The lowest BCUT2D eigenvalue weighted by molar-refractivity contribution is 0.0993. The zero-order valence-corrected chi connectivity index (χ0v) is 9.60. The topological polar surface area (TPSA) is 30.2 Å². The molecule has 2 aromatic heterocycles. The van der Waals surface area contributed by atoms with Crippen LogP contribution in [0.5, 0.6) is 0 Å². The van der Waals surface area contributed by atoms with E-state index in [0.717, 1.165) is 9.35 Å². The van der Waals surface area contributed by atoms with Crippen LogP contribution in [-0.2, 0) is 6.42 Å². The normalized spacial score (nSPS) is 10.4. The van der Waals surface area contributed by atoms with Gasteiger partial charge < -0.3 is 4.42 Å². The second-order valence-electron chi connectivity index (χ2n) is 2.84. The number of hydrogen-bond donors (Lipinski definition) is 0. The lowest BCUT2D eigenvalue weighted by atomic mass is 10.1. The van der Waals surface area contributed by atoms with Crippen LogP contribution >= 0.6 is 27.3 Å². The van der Waals surface area contributed by atoms with Crippen LogP contribution < -0.4 is 0 Å². The van der Waals surface area contributed by atoms with E-state index < -0.39 is 0 Å². The Labute approximate surface area is 93.7 Å². The van der Waals surface area contributed by atoms with Gasteiger partial charge in [-0.1, -0.05) is 0 Å². The summed E-state index contributed by atoms with van der Waals surface area (Å²) in [5.41, 5.74) is 0.634. The minimum Gasteiger partial charge on any atom is -0.472 e. The third-order valence-corrected chi connectivity index (χ3v) is 3.50. The van der Waals surface area contributed by atoms with Crippen molar-refractivity contribution in [2.75, 3.05) is 0 Å². The van der Waals surface area contributed by atoms with E-state index in [1.807, 2.05) is 11.4 Å². The average molecular weight is 271 g/mol. The molecule has 0 saturated heterocycles. The first-order chi connectivity index (χ1) is 6.75. The Hall–Kier alpha value is -0.870. The first-order valence-electron chi connectivity index (χ1n) is 4.04. The van der Waals surface area contributed by atoms with E-state index in [9.17, 15) is 4.79 Å². The molecule has 0 aliphatic carbocycles. The standard InChI is InChI=1S/C10H7BrO2S/c11-8-3-9(14-6-8)4-10(12)7-1-2-13-5-7/h1-3,5-6H,4H2. The summed E-state index contributed by atoms with van der Waals surface area (Å²) < 4.78 is 5.88. The Morgan fingerprint density at radius 1 is 1.57 bits per heavy atom. The summed E-state index contributed by atoms with van der Waals surface area (Å²) in [7, 11) is 0. The van der Waals surface area contributed by atoms with Gasteiger partial charge in [0.1, 0.15) is 6.26 Å². The summed E-state index contributed by atoms with van der Waals surface area (Å²) in [6.07, 6.45) is 3.43. The van der Waals surface area contributed by atoms with Crippen LogP contribution in [0.3, 0.4) is 0 Å². The predicted octanol–water partition coefficient (Wildman–Crippen LogP) is 3.53. The van der Waals surface area contributed by atoms with Crippen LogP contribution in [-0.4, -0.2) is 5.78 Å². The summed E-state index contributed by atoms with van der Waals surface area (Å²) in [5.74, 6) is 0.0908. The van der Waals surface area contributed by atoms with Crippen molar-refractivity contribution >= 4 is 33.0 Å². The summed E-state index contributed by atoms with van der Waals surface area (Å²) in [5, 5.41) is 1.97. The Morgan fingerprint density at radius 2 is 2.43 bits per heavy atom. The molecule has 2 heterocycles. The molecule has 0 amide bonds. The highest BCUT2D eigenvalue weighted by Gasteiger charge is 2.09. The number of ketones is 1. The van der Waals surface area contributed by atoms with Crippen LogP contribution in [0.15, 0.2) is 38.9 Å². The third kappa shape index (κ3) is 2.13. The molecule has 0 aliphatic rings. The molecular weight excluding hydrogens is 264 g/mol. The summed E-state index contributed by atoms with van der Waals surface area (Å²) in [4.78, 5) is 12.7. The van der Waals surface area contributed by atoms with Crippen molar-refractivity contribution in [1.29, 1.82) is 0 Å². The molecule has 0 aliphatic heterocycles. The third-order valence-electron chi connectivity index (χ3n) is 1.80. The highest BCUT2D eigenvalue weighted by atomic mass is 79.9. The number of halogens is 1. The van der Waals surface area contributed by atoms with Crippen molar-refractivity contribution in [2.24, 2.45) is 0 Å². The molecule has 0 N–H and O–H groups in total. The number of carbonyl (C=O) groups is 1. The SMILES string of the molecule is O=C(Cc1cc(Br)cs1)c1ccoc1. The van der Waals surface area contributed by atoms with Crippen molar-refractivity contribution in [3.05, 3.63) is 45.0 Å². The Kier molecular flexibility index (Phi) is 2.84. The Bertz CT molecular complexity index is 431. The van der Waals surface area contributed by atoms with Gasteiger partial charge in [0.25, 0.3) is 0 Å². The zero-order chi connectivity index (χ0) is 9.97. The average Bonchev–Trinajstić information content (AvgIpc) is 2.75. The molecule has 0 saturated carbocycles. The molecule has 0 fully saturated rings. The molecule has 72 valence electrons. The quantitative estimate of drug-likeness (QED) is 0.799. The second kappa shape index (κ2) is 4.11. The van der Waals surface area contributed by atoms with E-state index in [1.165, 1.54) is 12.5 Å². The maximum absolute atomic E-state index is 11.6. The van der Waals surface area contributed by atoms with Crippen molar-refractivity contribution in [3.63, 3.8) is 0 Å². The van der Waals surface area contributed by atoms with Gasteiger partial charge in [0.05, 0.1) is 11.8 Å².